The minimum Gasteiger partial charge on any atom is -0.340 e. The average Bonchev–Trinajstić information content (AvgIpc) is 2.57. The number of amides is 2. The number of hydrogen-bond donors (Lipinski definition) is 1. The molecule has 0 aliphatic heterocycles. The van der Waals surface area contributed by atoms with Crippen molar-refractivity contribution in [2.45, 2.75) is 6.54 Å². The number of anilines is 1. The molecular weight excluding hydrogens is 338 g/mol. The van der Waals surface area contributed by atoms with Gasteiger partial charge in [-0.1, -0.05) is 54.1 Å². The number of carbonyl (C=O) groups is 2. The summed E-state index contributed by atoms with van der Waals surface area (Å²) in [6.07, 6.45) is 0. The van der Waals surface area contributed by atoms with E-state index in [2.05, 4.69) is 5.32 Å². The molecule has 25 heavy (non-hydrogen) atoms. The number of benzene rings is 2. The lowest BCUT2D eigenvalue weighted by Crippen LogP contribution is -2.39. The van der Waals surface area contributed by atoms with Crippen LogP contribution < -0.4 is 5.32 Å². The smallest absolute Gasteiger partial charge is 0.238 e. The molecule has 0 atom stereocenters. The van der Waals surface area contributed by atoms with Crippen LogP contribution in [0.5, 0.6) is 0 Å². The monoisotopic (exact) mass is 359 g/mol. The SMILES string of the molecule is CN(CC(=O)Nc1ccccc1Cl)CC(=O)N(C)Cc1ccccc1. The highest BCUT2D eigenvalue weighted by Crippen LogP contribution is 2.20. The molecule has 0 aromatic heterocycles. The number of rotatable bonds is 7. The molecule has 2 aromatic carbocycles. The van der Waals surface area contributed by atoms with Gasteiger partial charge in [0.05, 0.1) is 23.8 Å². The van der Waals surface area contributed by atoms with Gasteiger partial charge in [0.2, 0.25) is 11.8 Å². The Hall–Kier alpha value is -2.37. The van der Waals surface area contributed by atoms with Gasteiger partial charge in [0.1, 0.15) is 0 Å². The Morgan fingerprint density at radius 2 is 1.60 bits per heavy atom. The zero-order valence-electron chi connectivity index (χ0n) is 14.4. The first-order valence-electron chi connectivity index (χ1n) is 7.96. The van der Waals surface area contributed by atoms with Crippen molar-refractivity contribution in [3.05, 3.63) is 65.2 Å². The standard InChI is InChI=1S/C19H22ClN3O2/c1-22(13-18(24)21-17-11-7-6-10-16(17)20)14-19(25)23(2)12-15-8-4-3-5-9-15/h3-11H,12-14H2,1-2H3,(H,21,24). The minimum atomic E-state index is -0.214. The number of hydrogen-bond acceptors (Lipinski definition) is 3. The molecule has 0 aliphatic rings. The molecule has 0 saturated heterocycles. The van der Waals surface area contributed by atoms with E-state index in [1.165, 1.54) is 0 Å². The summed E-state index contributed by atoms with van der Waals surface area (Å²) in [6.45, 7) is 0.814. The second kappa shape index (κ2) is 9.20. The molecule has 132 valence electrons. The summed E-state index contributed by atoms with van der Waals surface area (Å²) in [5.41, 5.74) is 1.63. The Bertz CT molecular complexity index is 722. The molecule has 5 nitrogen and oxygen atoms in total. The van der Waals surface area contributed by atoms with E-state index in [4.69, 9.17) is 11.6 Å². The zero-order chi connectivity index (χ0) is 18.2. The summed E-state index contributed by atoms with van der Waals surface area (Å²) in [7, 11) is 3.49. The Morgan fingerprint density at radius 3 is 2.28 bits per heavy atom. The molecule has 2 amide bonds. The Kier molecular flexibility index (Phi) is 6.98. The van der Waals surface area contributed by atoms with E-state index in [0.29, 0.717) is 17.3 Å². The van der Waals surface area contributed by atoms with Crippen molar-refractivity contribution in [1.82, 2.24) is 9.80 Å². The van der Waals surface area contributed by atoms with Crippen molar-refractivity contribution < 1.29 is 9.59 Å². The number of nitrogens with one attached hydrogen (secondary N) is 1. The summed E-state index contributed by atoms with van der Waals surface area (Å²) in [5.74, 6) is -0.258. The molecule has 0 unspecified atom stereocenters. The van der Waals surface area contributed by atoms with E-state index >= 15 is 0 Å². The van der Waals surface area contributed by atoms with Gasteiger partial charge in [0.15, 0.2) is 0 Å². The van der Waals surface area contributed by atoms with Crippen molar-refractivity contribution >= 4 is 29.1 Å². The molecule has 0 heterocycles. The van der Waals surface area contributed by atoms with E-state index in [1.807, 2.05) is 30.3 Å². The third kappa shape index (κ3) is 6.21. The lowest BCUT2D eigenvalue weighted by molar-refractivity contribution is -0.131. The second-order valence-electron chi connectivity index (χ2n) is 5.94. The van der Waals surface area contributed by atoms with Gasteiger partial charge in [-0.2, -0.15) is 0 Å². The van der Waals surface area contributed by atoms with Crippen molar-refractivity contribution in [3.8, 4) is 0 Å². The molecular formula is C19H22ClN3O2. The van der Waals surface area contributed by atoms with Gasteiger partial charge < -0.3 is 10.2 Å². The summed E-state index contributed by atoms with van der Waals surface area (Å²) in [4.78, 5) is 27.7. The van der Waals surface area contributed by atoms with Crippen molar-refractivity contribution in [2.75, 3.05) is 32.5 Å². The van der Waals surface area contributed by atoms with Crippen LogP contribution in [0.4, 0.5) is 5.69 Å². The van der Waals surface area contributed by atoms with Crippen molar-refractivity contribution in [3.63, 3.8) is 0 Å². The fourth-order valence-corrected chi connectivity index (χ4v) is 2.53. The maximum atomic E-state index is 12.3. The van der Waals surface area contributed by atoms with E-state index in [9.17, 15) is 9.59 Å². The molecule has 2 aromatic rings. The Labute approximate surface area is 153 Å². The topological polar surface area (TPSA) is 52.7 Å². The normalized spacial score (nSPS) is 10.6. The first-order valence-corrected chi connectivity index (χ1v) is 8.34. The van der Waals surface area contributed by atoms with Crippen LogP contribution in [-0.2, 0) is 16.1 Å². The van der Waals surface area contributed by atoms with Crippen LogP contribution in [0.2, 0.25) is 5.02 Å². The lowest BCUT2D eigenvalue weighted by Gasteiger charge is -2.21. The maximum Gasteiger partial charge on any atom is 0.238 e. The fourth-order valence-electron chi connectivity index (χ4n) is 2.35. The van der Waals surface area contributed by atoms with E-state index in [0.717, 1.165) is 5.56 Å². The molecule has 0 saturated carbocycles. The van der Waals surface area contributed by atoms with Crippen LogP contribution in [0.15, 0.2) is 54.6 Å². The fraction of sp³-hybridized carbons (Fsp3) is 0.263. The van der Waals surface area contributed by atoms with Gasteiger partial charge in [0, 0.05) is 13.6 Å². The number of nitrogens with zero attached hydrogens (tertiary/aromatic N) is 2. The van der Waals surface area contributed by atoms with Gasteiger partial charge in [-0.3, -0.25) is 14.5 Å². The van der Waals surface area contributed by atoms with Gasteiger partial charge >= 0.3 is 0 Å². The van der Waals surface area contributed by atoms with Gasteiger partial charge in [-0.05, 0) is 24.7 Å². The molecule has 2 rings (SSSR count). The summed E-state index contributed by atoms with van der Waals surface area (Å²) in [5, 5.41) is 3.23. The molecule has 0 fully saturated rings. The average molecular weight is 360 g/mol. The molecule has 1 N–H and O–H groups in total. The molecule has 6 heteroatoms. The Morgan fingerprint density at radius 1 is 0.960 bits per heavy atom. The second-order valence-corrected chi connectivity index (χ2v) is 6.34. The summed E-state index contributed by atoms with van der Waals surface area (Å²) >= 11 is 6.02. The van der Waals surface area contributed by atoms with Crippen LogP contribution in [0.3, 0.4) is 0 Å². The van der Waals surface area contributed by atoms with Crippen LogP contribution >= 0.6 is 11.6 Å². The first kappa shape index (κ1) is 19.0. The first-order chi connectivity index (χ1) is 12.0. The molecule has 0 spiro atoms. The number of para-hydroxylation sites is 1. The third-order valence-corrected chi connectivity index (χ3v) is 3.98. The quantitative estimate of drug-likeness (QED) is 0.827. The highest BCUT2D eigenvalue weighted by atomic mass is 35.5. The van der Waals surface area contributed by atoms with Crippen molar-refractivity contribution in [2.24, 2.45) is 0 Å². The summed E-state index contributed by atoms with van der Waals surface area (Å²) < 4.78 is 0. The van der Waals surface area contributed by atoms with E-state index in [1.54, 1.807) is 48.2 Å². The van der Waals surface area contributed by atoms with Crippen LogP contribution in [-0.4, -0.2) is 48.8 Å². The van der Waals surface area contributed by atoms with Gasteiger partial charge in [0.25, 0.3) is 0 Å². The van der Waals surface area contributed by atoms with Gasteiger partial charge in [-0.15, -0.1) is 0 Å². The van der Waals surface area contributed by atoms with Crippen LogP contribution in [0, 0.1) is 0 Å². The maximum absolute atomic E-state index is 12.3. The van der Waals surface area contributed by atoms with E-state index in [-0.39, 0.29) is 24.9 Å². The highest BCUT2D eigenvalue weighted by molar-refractivity contribution is 6.33. The van der Waals surface area contributed by atoms with Crippen LogP contribution in [0.1, 0.15) is 5.56 Å². The number of halogens is 1. The predicted molar refractivity (Wildman–Crippen MR) is 100 cm³/mol. The zero-order valence-corrected chi connectivity index (χ0v) is 15.2. The minimum absolute atomic E-state index is 0.0445. The van der Waals surface area contributed by atoms with E-state index < -0.39 is 0 Å². The number of carbonyl (C=O) groups excluding carboxylic acids is 2. The predicted octanol–water partition coefficient (Wildman–Crippen LogP) is 2.87. The molecule has 0 aliphatic carbocycles. The largest absolute Gasteiger partial charge is 0.340 e. The summed E-state index contributed by atoms with van der Waals surface area (Å²) in [6, 6.07) is 16.8. The molecule has 0 bridgehead atoms. The van der Waals surface area contributed by atoms with Crippen molar-refractivity contribution in [1.29, 1.82) is 0 Å². The van der Waals surface area contributed by atoms with Gasteiger partial charge in [-0.25, -0.2) is 0 Å². The van der Waals surface area contributed by atoms with Crippen LogP contribution in [0.25, 0.3) is 0 Å². The highest BCUT2D eigenvalue weighted by Gasteiger charge is 2.15. The molecule has 0 radical (unpaired) electrons. The number of likely N-dealkylation sites (N-methyl/N-ethyl adjacent to an activating group) is 2. The Balaban J connectivity index is 1.80. The lowest BCUT2D eigenvalue weighted by atomic mass is 10.2. The third-order valence-electron chi connectivity index (χ3n) is 3.65.